The number of carbonyl (C=O) groups is 3. The summed E-state index contributed by atoms with van der Waals surface area (Å²) in [5.41, 5.74) is 0.918. The summed E-state index contributed by atoms with van der Waals surface area (Å²) in [5.74, 6) is -0.761. The molecule has 3 amide bonds. The highest BCUT2D eigenvalue weighted by Gasteiger charge is 2.28. The Morgan fingerprint density at radius 3 is 2.92 bits per heavy atom. The maximum atomic E-state index is 12.2. The van der Waals surface area contributed by atoms with Gasteiger partial charge in [0.25, 0.3) is 5.91 Å². The quantitative estimate of drug-likeness (QED) is 0.744. The lowest BCUT2D eigenvalue weighted by atomic mass is 10.1. The highest BCUT2D eigenvalue weighted by Crippen LogP contribution is 2.19. The molecule has 0 bridgehead atoms. The summed E-state index contributed by atoms with van der Waals surface area (Å²) in [5, 5.41) is 8.23. The Kier molecular flexibility index (Phi) is 5.10. The lowest BCUT2D eigenvalue weighted by Crippen LogP contribution is -2.42. The van der Waals surface area contributed by atoms with Crippen LogP contribution >= 0.6 is 0 Å². The van der Waals surface area contributed by atoms with Crippen LogP contribution in [0.3, 0.4) is 0 Å². The van der Waals surface area contributed by atoms with Gasteiger partial charge in [-0.2, -0.15) is 0 Å². The molecule has 0 aromatic heterocycles. The second-order valence-electron chi connectivity index (χ2n) is 6.04. The van der Waals surface area contributed by atoms with E-state index in [-0.39, 0.29) is 36.7 Å². The fourth-order valence-electron chi connectivity index (χ4n) is 2.91. The molecule has 2 unspecified atom stereocenters. The summed E-state index contributed by atoms with van der Waals surface area (Å²) in [7, 11) is 0. The number of para-hydroxylation sites is 1. The van der Waals surface area contributed by atoms with Crippen LogP contribution in [0.15, 0.2) is 24.3 Å². The zero-order valence-electron chi connectivity index (χ0n) is 13.3. The third kappa shape index (κ3) is 3.91. The normalized spacial score (nSPS) is 23.0. The van der Waals surface area contributed by atoms with Crippen LogP contribution in [0.5, 0.6) is 0 Å². The lowest BCUT2D eigenvalue weighted by molar-refractivity contribution is -0.122. The van der Waals surface area contributed by atoms with Gasteiger partial charge in [0.1, 0.15) is 6.04 Å². The Bertz CT molecular complexity index is 640. The Balaban J connectivity index is 1.51. The average molecular weight is 331 g/mol. The number of rotatable bonds is 5. The van der Waals surface area contributed by atoms with E-state index in [2.05, 4.69) is 16.0 Å². The van der Waals surface area contributed by atoms with Crippen molar-refractivity contribution in [2.75, 3.05) is 18.5 Å². The zero-order chi connectivity index (χ0) is 16.9. The average Bonchev–Trinajstić information content (AvgIpc) is 3.06. The molecule has 0 spiro atoms. The van der Waals surface area contributed by atoms with E-state index >= 15 is 0 Å². The minimum Gasteiger partial charge on any atom is -0.376 e. The maximum Gasteiger partial charge on any atom is 0.254 e. The summed E-state index contributed by atoms with van der Waals surface area (Å²) in [4.78, 5) is 36.3. The molecule has 1 fully saturated rings. The van der Waals surface area contributed by atoms with Gasteiger partial charge in [-0.15, -0.1) is 0 Å². The van der Waals surface area contributed by atoms with Gasteiger partial charge in [-0.25, -0.2) is 0 Å². The molecule has 128 valence electrons. The summed E-state index contributed by atoms with van der Waals surface area (Å²) >= 11 is 0. The smallest absolute Gasteiger partial charge is 0.254 e. The van der Waals surface area contributed by atoms with Crippen molar-refractivity contribution in [1.82, 2.24) is 10.6 Å². The van der Waals surface area contributed by atoms with Gasteiger partial charge in [0.2, 0.25) is 11.8 Å². The maximum absolute atomic E-state index is 12.2. The number of hydrogen-bond acceptors (Lipinski definition) is 4. The van der Waals surface area contributed by atoms with Gasteiger partial charge in [-0.1, -0.05) is 12.1 Å². The monoisotopic (exact) mass is 331 g/mol. The molecule has 1 aromatic carbocycles. The molecular weight excluding hydrogens is 310 g/mol. The van der Waals surface area contributed by atoms with E-state index in [1.165, 1.54) is 0 Å². The predicted octanol–water partition coefficient (Wildman–Crippen LogP) is 0.812. The molecule has 1 saturated heterocycles. The van der Waals surface area contributed by atoms with E-state index in [1.807, 2.05) is 0 Å². The number of carbonyl (C=O) groups excluding carboxylic acids is 3. The van der Waals surface area contributed by atoms with Crippen molar-refractivity contribution in [1.29, 1.82) is 0 Å². The third-order valence-corrected chi connectivity index (χ3v) is 4.26. The molecule has 1 aromatic rings. The Labute approximate surface area is 140 Å². The van der Waals surface area contributed by atoms with Crippen molar-refractivity contribution < 1.29 is 19.1 Å². The molecule has 24 heavy (non-hydrogen) atoms. The van der Waals surface area contributed by atoms with E-state index in [0.717, 1.165) is 19.4 Å². The first kappa shape index (κ1) is 16.4. The molecule has 0 radical (unpaired) electrons. The second-order valence-corrected chi connectivity index (χ2v) is 6.04. The van der Waals surface area contributed by atoms with Crippen LogP contribution in [-0.4, -0.2) is 43.0 Å². The zero-order valence-corrected chi connectivity index (χ0v) is 13.3. The Morgan fingerprint density at radius 1 is 1.29 bits per heavy atom. The molecule has 7 nitrogen and oxygen atoms in total. The molecule has 2 aliphatic heterocycles. The van der Waals surface area contributed by atoms with Gasteiger partial charge < -0.3 is 20.7 Å². The van der Waals surface area contributed by atoms with Crippen LogP contribution < -0.4 is 16.0 Å². The minimum absolute atomic E-state index is 0.0873. The van der Waals surface area contributed by atoms with E-state index < -0.39 is 6.04 Å². The molecular formula is C17H21N3O4. The van der Waals surface area contributed by atoms with Crippen molar-refractivity contribution in [2.24, 2.45) is 0 Å². The van der Waals surface area contributed by atoms with Crippen molar-refractivity contribution in [3.63, 3.8) is 0 Å². The van der Waals surface area contributed by atoms with E-state index in [4.69, 9.17) is 4.74 Å². The van der Waals surface area contributed by atoms with Crippen LogP contribution in [0.25, 0.3) is 0 Å². The molecule has 0 aliphatic carbocycles. The van der Waals surface area contributed by atoms with E-state index in [9.17, 15) is 14.4 Å². The summed E-state index contributed by atoms with van der Waals surface area (Å²) in [6.07, 6.45) is 2.49. The second kappa shape index (κ2) is 7.44. The van der Waals surface area contributed by atoms with Crippen LogP contribution in [0, 0.1) is 0 Å². The van der Waals surface area contributed by atoms with Gasteiger partial charge in [0, 0.05) is 19.6 Å². The number of anilines is 1. The van der Waals surface area contributed by atoms with Gasteiger partial charge in [-0.05, 0) is 31.4 Å². The highest BCUT2D eigenvalue weighted by molar-refractivity contribution is 6.09. The van der Waals surface area contributed by atoms with E-state index in [0.29, 0.717) is 17.8 Å². The van der Waals surface area contributed by atoms with Crippen LogP contribution in [0.2, 0.25) is 0 Å². The number of amides is 3. The van der Waals surface area contributed by atoms with Gasteiger partial charge in [0.15, 0.2) is 0 Å². The number of benzene rings is 1. The van der Waals surface area contributed by atoms with Crippen molar-refractivity contribution in [3.8, 4) is 0 Å². The molecule has 7 heteroatoms. The Morgan fingerprint density at radius 2 is 2.12 bits per heavy atom. The molecule has 0 saturated carbocycles. The fourth-order valence-corrected chi connectivity index (χ4v) is 2.91. The van der Waals surface area contributed by atoms with Gasteiger partial charge in [-0.3, -0.25) is 14.4 Å². The first-order valence-corrected chi connectivity index (χ1v) is 8.22. The summed E-state index contributed by atoms with van der Waals surface area (Å²) in [6.45, 7) is 1.24. The molecule has 3 rings (SSSR count). The largest absolute Gasteiger partial charge is 0.376 e. The standard InChI is InChI=1S/C17H21N3O4/c21-15(18-10-11-4-3-9-24-11)8-7-14-17(23)19-13-6-2-1-5-12(13)16(22)20-14/h1-2,5-6,11,14H,3-4,7-10H2,(H,18,21)(H,19,23)(H,20,22). The Hall–Kier alpha value is -2.41. The number of fused-ring (bicyclic) bond motifs is 1. The number of nitrogens with one attached hydrogen (secondary N) is 3. The van der Waals surface area contributed by atoms with E-state index in [1.54, 1.807) is 24.3 Å². The number of ether oxygens (including phenoxy) is 1. The summed E-state index contributed by atoms with van der Waals surface area (Å²) < 4.78 is 5.45. The first-order valence-electron chi connectivity index (χ1n) is 8.22. The summed E-state index contributed by atoms with van der Waals surface area (Å²) in [6, 6.07) is 6.11. The molecule has 2 aliphatic rings. The first-order chi connectivity index (χ1) is 11.6. The fraction of sp³-hybridized carbons (Fsp3) is 0.471. The van der Waals surface area contributed by atoms with Crippen LogP contribution in [0.4, 0.5) is 5.69 Å². The molecule has 3 N–H and O–H groups in total. The van der Waals surface area contributed by atoms with Crippen molar-refractivity contribution in [2.45, 2.75) is 37.8 Å². The van der Waals surface area contributed by atoms with Crippen molar-refractivity contribution >= 4 is 23.4 Å². The van der Waals surface area contributed by atoms with Crippen LogP contribution in [-0.2, 0) is 14.3 Å². The van der Waals surface area contributed by atoms with Gasteiger partial charge in [0.05, 0.1) is 17.4 Å². The van der Waals surface area contributed by atoms with Crippen molar-refractivity contribution in [3.05, 3.63) is 29.8 Å². The highest BCUT2D eigenvalue weighted by atomic mass is 16.5. The topological polar surface area (TPSA) is 96.5 Å². The minimum atomic E-state index is -0.724. The SMILES string of the molecule is O=C(CCC1NC(=O)c2ccccc2NC1=O)NCC1CCCO1. The molecule has 2 heterocycles. The lowest BCUT2D eigenvalue weighted by Gasteiger charge is -2.15. The molecule has 2 atom stereocenters. The number of hydrogen-bond donors (Lipinski definition) is 3. The third-order valence-electron chi connectivity index (χ3n) is 4.26. The predicted molar refractivity (Wildman–Crippen MR) is 87.5 cm³/mol. The van der Waals surface area contributed by atoms with Crippen LogP contribution in [0.1, 0.15) is 36.0 Å². The van der Waals surface area contributed by atoms with Gasteiger partial charge >= 0.3 is 0 Å².